The molecular weight excluding hydrogens is 439 g/mol. The number of aryl methyl sites for hydroxylation is 2. The maximum absolute atomic E-state index is 2.51. The second-order valence-electron chi connectivity index (χ2n) is 9.44. The molecule has 0 atom stereocenters. The van der Waals surface area contributed by atoms with Crippen molar-refractivity contribution in [2.75, 3.05) is 14.4 Å². The molecule has 0 saturated heterocycles. The van der Waals surface area contributed by atoms with Crippen molar-refractivity contribution < 1.29 is 4.57 Å². The van der Waals surface area contributed by atoms with Gasteiger partial charge < -0.3 is 9.62 Å². The Morgan fingerprint density at radius 1 is 0.556 bits per heavy atom. The van der Waals surface area contributed by atoms with Gasteiger partial charge in [-0.25, -0.2) is 9.38 Å². The van der Waals surface area contributed by atoms with E-state index < -0.39 is 0 Å². The van der Waals surface area contributed by atoms with Crippen LogP contribution in [0.1, 0.15) is 5.56 Å². The third-order valence-corrected chi connectivity index (χ3v) is 7.34. The summed E-state index contributed by atoms with van der Waals surface area (Å²) < 4.78 is 2.21. The molecule has 1 aromatic heterocycles. The number of benzene rings is 4. The largest absolute Gasteiger partial charge is 0.643 e. The van der Waals surface area contributed by atoms with E-state index >= 15 is 0 Å². The first-order valence-electron chi connectivity index (χ1n) is 12.4. The molecule has 0 radical (unpaired) electrons. The van der Waals surface area contributed by atoms with E-state index in [1.807, 2.05) is 0 Å². The van der Waals surface area contributed by atoms with E-state index in [1.165, 1.54) is 39.4 Å². The second-order valence-corrected chi connectivity index (χ2v) is 9.44. The van der Waals surface area contributed by atoms with Gasteiger partial charge in [0.25, 0.3) is 5.82 Å². The van der Waals surface area contributed by atoms with Crippen LogP contribution in [-0.2, 0) is 7.05 Å². The van der Waals surface area contributed by atoms with Gasteiger partial charge in [0.05, 0.1) is 18.9 Å². The fraction of sp³-hybridized carbons (Fsp3) is 0.0645. The van der Waals surface area contributed by atoms with E-state index in [0.29, 0.717) is 0 Å². The van der Waals surface area contributed by atoms with Crippen molar-refractivity contribution in [2.45, 2.75) is 6.92 Å². The number of anilines is 6. The van der Waals surface area contributed by atoms with Crippen LogP contribution in [0.5, 0.6) is 0 Å². The quantitative estimate of drug-likeness (QED) is 0.208. The summed E-state index contributed by atoms with van der Waals surface area (Å²) in [5, 5.41) is 0. The van der Waals surface area contributed by atoms with Gasteiger partial charge in [0.15, 0.2) is 0 Å². The van der Waals surface area contributed by atoms with E-state index in [-0.39, 0.29) is 7.12 Å². The van der Waals surface area contributed by atoms with Crippen LogP contribution in [-0.4, -0.2) is 7.12 Å². The normalized spacial score (nSPS) is 13.6. The van der Waals surface area contributed by atoms with Crippen molar-refractivity contribution >= 4 is 41.4 Å². The number of hydrogen-bond acceptors (Lipinski definition) is 3. The van der Waals surface area contributed by atoms with Gasteiger partial charge in [0.2, 0.25) is 0 Å². The molecule has 2 aliphatic heterocycles. The zero-order valence-electron chi connectivity index (χ0n) is 20.4. The monoisotopic (exact) mass is 465 g/mol. The molecule has 5 aromatic rings. The van der Waals surface area contributed by atoms with Crippen molar-refractivity contribution in [3.8, 4) is 11.1 Å². The highest BCUT2D eigenvalue weighted by Crippen LogP contribution is 2.54. The minimum Gasteiger partial charge on any atom is -0.322 e. The van der Waals surface area contributed by atoms with Crippen molar-refractivity contribution in [2.24, 2.45) is 7.05 Å². The van der Waals surface area contributed by atoms with Crippen LogP contribution < -0.4 is 19.0 Å². The molecule has 5 heteroatoms. The van der Waals surface area contributed by atoms with Crippen LogP contribution in [0, 0.1) is 6.92 Å². The molecule has 4 aromatic carbocycles. The molecule has 3 heterocycles. The fourth-order valence-electron chi connectivity index (χ4n) is 5.80. The van der Waals surface area contributed by atoms with Crippen LogP contribution in [0.3, 0.4) is 0 Å². The zero-order valence-corrected chi connectivity index (χ0v) is 20.4. The molecule has 4 nitrogen and oxygen atoms in total. The molecule has 0 unspecified atom stereocenters. The number of para-hydroxylation sites is 4. The van der Waals surface area contributed by atoms with Gasteiger partial charge in [0.1, 0.15) is 5.69 Å². The van der Waals surface area contributed by atoms with Crippen LogP contribution in [0.4, 0.5) is 34.3 Å². The Bertz CT molecular complexity index is 1600. The first kappa shape index (κ1) is 20.8. The van der Waals surface area contributed by atoms with Crippen molar-refractivity contribution in [1.82, 2.24) is 0 Å². The molecule has 0 aliphatic carbocycles. The summed E-state index contributed by atoms with van der Waals surface area (Å²) in [6.07, 6.45) is 2.13. The molecule has 0 N–H and O–H groups in total. The molecule has 0 fully saturated rings. The number of nitrogens with zero attached hydrogens (tertiary/aromatic N) is 4. The van der Waals surface area contributed by atoms with Crippen molar-refractivity contribution in [3.05, 3.63) is 127 Å². The fourth-order valence-corrected chi connectivity index (χ4v) is 5.80. The SMILES string of the molecule is Cc1cccc2c1N(c1cccc[n+]1C)B1N(c3ccccc3)c3ccccc3-c3ccccc3N12. The summed E-state index contributed by atoms with van der Waals surface area (Å²) in [6, 6.07) is 41.4. The van der Waals surface area contributed by atoms with Crippen LogP contribution in [0.15, 0.2) is 121 Å². The van der Waals surface area contributed by atoms with Gasteiger partial charge in [0, 0.05) is 34.3 Å². The van der Waals surface area contributed by atoms with E-state index in [4.69, 9.17) is 0 Å². The average molecular weight is 465 g/mol. The van der Waals surface area contributed by atoms with E-state index in [1.54, 1.807) is 0 Å². The first-order valence-corrected chi connectivity index (χ1v) is 12.4. The highest BCUT2D eigenvalue weighted by molar-refractivity contribution is 6.78. The van der Waals surface area contributed by atoms with Crippen molar-refractivity contribution in [1.29, 1.82) is 0 Å². The Balaban J connectivity index is 1.63. The average Bonchev–Trinajstić information content (AvgIpc) is 3.19. The zero-order chi connectivity index (χ0) is 24.2. The number of pyridine rings is 1. The molecular formula is C31H26BN4+. The van der Waals surface area contributed by atoms with Gasteiger partial charge in [-0.15, -0.1) is 0 Å². The maximum atomic E-state index is 2.51. The molecule has 172 valence electrons. The Kier molecular flexibility index (Phi) is 4.64. The maximum Gasteiger partial charge on any atom is 0.643 e. The van der Waals surface area contributed by atoms with Gasteiger partial charge >= 0.3 is 7.12 Å². The number of aromatic nitrogens is 1. The Morgan fingerprint density at radius 2 is 1.17 bits per heavy atom. The minimum absolute atomic E-state index is 0.137. The molecule has 0 bridgehead atoms. The number of hydrogen-bond donors (Lipinski definition) is 0. The summed E-state index contributed by atoms with van der Waals surface area (Å²) >= 11 is 0. The lowest BCUT2D eigenvalue weighted by atomic mass is 9.83. The molecule has 0 saturated carbocycles. The molecule has 2 aliphatic rings. The number of rotatable bonds is 2. The van der Waals surface area contributed by atoms with E-state index in [2.05, 4.69) is 154 Å². The summed E-state index contributed by atoms with van der Waals surface area (Å²) in [5.74, 6) is 1.14. The van der Waals surface area contributed by atoms with E-state index in [9.17, 15) is 0 Å². The molecule has 7 rings (SSSR count). The Morgan fingerprint density at radius 3 is 1.89 bits per heavy atom. The molecule has 0 spiro atoms. The third-order valence-electron chi connectivity index (χ3n) is 7.34. The van der Waals surface area contributed by atoms with Crippen LogP contribution in [0.25, 0.3) is 11.1 Å². The lowest BCUT2D eigenvalue weighted by Crippen LogP contribution is -2.57. The predicted molar refractivity (Wildman–Crippen MR) is 149 cm³/mol. The van der Waals surface area contributed by atoms with Crippen LogP contribution >= 0.6 is 0 Å². The summed E-state index contributed by atoms with van der Waals surface area (Å²) in [6.45, 7) is 2.22. The summed E-state index contributed by atoms with van der Waals surface area (Å²) in [5.41, 5.74) is 9.73. The topological polar surface area (TPSA) is 13.6 Å². The van der Waals surface area contributed by atoms with Gasteiger partial charge in [-0.2, -0.15) is 0 Å². The molecule has 0 amide bonds. The standard InChI is InChI=1S/C31H26BN4/c1-23-13-12-20-29-31(23)36(30-21-10-11-22-33(30)2)32-34(24-14-4-3-5-15-24)27-18-8-6-16-25(27)26-17-7-9-19-28(26)35(29)32/h3-22H,1-2H3/q+1. The highest BCUT2D eigenvalue weighted by atomic mass is 15.4. The smallest absolute Gasteiger partial charge is 0.322 e. The van der Waals surface area contributed by atoms with Gasteiger partial charge in [-0.3, -0.25) is 0 Å². The van der Waals surface area contributed by atoms with Gasteiger partial charge in [-0.1, -0.05) is 72.8 Å². The highest BCUT2D eigenvalue weighted by Gasteiger charge is 2.57. The molecule has 36 heavy (non-hydrogen) atoms. The lowest BCUT2D eigenvalue weighted by molar-refractivity contribution is -0.658. The minimum atomic E-state index is -0.137. The van der Waals surface area contributed by atoms with Crippen LogP contribution in [0.2, 0.25) is 0 Å². The Labute approximate surface area is 212 Å². The number of fused-ring (bicyclic) bond motifs is 7. The summed E-state index contributed by atoms with van der Waals surface area (Å²) in [4.78, 5) is 7.50. The Hall–Kier alpha value is -4.51. The lowest BCUT2D eigenvalue weighted by Gasteiger charge is -2.32. The van der Waals surface area contributed by atoms with Crippen molar-refractivity contribution in [3.63, 3.8) is 0 Å². The first-order chi connectivity index (χ1) is 17.7. The summed E-state index contributed by atoms with van der Waals surface area (Å²) in [7, 11) is 1.99. The van der Waals surface area contributed by atoms with Gasteiger partial charge in [-0.05, 0) is 48.9 Å². The predicted octanol–water partition coefficient (Wildman–Crippen LogP) is 6.91. The second kappa shape index (κ2) is 8.03. The van der Waals surface area contributed by atoms with E-state index in [0.717, 1.165) is 11.5 Å². The third kappa shape index (κ3) is 2.92.